The number of carbonyl (C=O) groups excluding carboxylic acids is 4. The maximum Gasteiger partial charge on any atom is 0.258 e. The number of imide groups is 2. The van der Waals surface area contributed by atoms with Crippen LogP contribution in [0.2, 0.25) is 0 Å². The lowest BCUT2D eigenvalue weighted by Gasteiger charge is -2.51. The van der Waals surface area contributed by atoms with Crippen molar-refractivity contribution in [2.45, 2.75) is 35.4 Å². The van der Waals surface area contributed by atoms with Gasteiger partial charge in [0.05, 0.1) is 18.1 Å². The Morgan fingerprint density at radius 2 is 1.45 bits per heavy atom. The first-order valence-corrected chi connectivity index (χ1v) is 17.1. The zero-order valence-corrected chi connectivity index (χ0v) is 28.5. The summed E-state index contributed by atoms with van der Waals surface area (Å²) in [7, 11) is 0. The summed E-state index contributed by atoms with van der Waals surface area (Å²) in [6, 6.07) is 10.4. The quantitative estimate of drug-likeness (QED) is 0.0821. The van der Waals surface area contributed by atoms with Gasteiger partial charge in [0.15, 0.2) is 33.0 Å². The standard InChI is InChI=1S/C37H25Cl2F5N2O7/c38-36-13-22-20(6-7-21-24(22)33(50)45(32(21)49)10-9-15-1-3-18(47)4-2-15)25(17-11-16-12-19(48)5-8-23(16)53-14-17)37(36,39)35(52)46(34(36)51)31-29(43)27(41)26(40)28(42)30(31)44/h1-6,8,12,14,21-22,24-25,47-48H,7,9-11,13H2. The summed E-state index contributed by atoms with van der Waals surface area (Å²) in [6.45, 7) is -0.0307. The Morgan fingerprint density at radius 3 is 2.13 bits per heavy atom. The Balaban J connectivity index is 1.25. The fourth-order valence-electron chi connectivity index (χ4n) is 8.57. The number of alkyl halides is 2. The highest BCUT2D eigenvalue weighted by Crippen LogP contribution is 2.65. The molecule has 3 aliphatic heterocycles. The molecule has 0 bridgehead atoms. The van der Waals surface area contributed by atoms with E-state index in [1.165, 1.54) is 36.6 Å². The number of likely N-dealkylation sites (tertiary alicyclic amines) is 1. The molecule has 3 heterocycles. The monoisotopic (exact) mass is 774 g/mol. The average Bonchev–Trinajstić information content (AvgIpc) is 3.46. The third kappa shape index (κ3) is 4.80. The van der Waals surface area contributed by atoms with Crippen LogP contribution in [-0.4, -0.2) is 55.0 Å². The number of nitrogens with zero attached hydrogens (tertiary/aromatic N) is 2. The van der Waals surface area contributed by atoms with E-state index in [0.29, 0.717) is 11.3 Å². The second-order valence-corrected chi connectivity index (χ2v) is 15.0. The third-order valence-electron chi connectivity index (χ3n) is 11.0. The van der Waals surface area contributed by atoms with Crippen molar-refractivity contribution in [1.29, 1.82) is 0 Å². The molecule has 6 atom stereocenters. The molecule has 3 aromatic rings. The fourth-order valence-corrected chi connectivity index (χ4v) is 9.52. The van der Waals surface area contributed by atoms with Gasteiger partial charge in [-0.1, -0.05) is 23.8 Å². The highest BCUT2D eigenvalue weighted by atomic mass is 35.5. The number of anilines is 1. The van der Waals surface area contributed by atoms with Gasteiger partial charge in [-0.25, -0.2) is 26.9 Å². The van der Waals surface area contributed by atoms with E-state index in [0.717, 1.165) is 10.5 Å². The van der Waals surface area contributed by atoms with E-state index in [9.17, 15) is 42.6 Å². The van der Waals surface area contributed by atoms with Crippen LogP contribution < -0.4 is 9.64 Å². The van der Waals surface area contributed by atoms with E-state index in [2.05, 4.69) is 0 Å². The molecule has 9 nitrogen and oxygen atoms in total. The van der Waals surface area contributed by atoms with Crippen LogP contribution in [-0.2, 0) is 32.0 Å². The number of rotatable bonds is 5. The van der Waals surface area contributed by atoms with Gasteiger partial charge in [-0.2, -0.15) is 0 Å². The van der Waals surface area contributed by atoms with E-state index in [1.807, 2.05) is 0 Å². The minimum absolute atomic E-state index is 0.00938. The maximum atomic E-state index is 15.3. The fraction of sp³-hybridized carbons (Fsp3) is 0.297. The molecular formula is C37H25Cl2F5N2O7. The molecule has 2 N–H and O–H groups in total. The number of hydrogen-bond donors (Lipinski definition) is 2. The molecule has 2 aliphatic carbocycles. The van der Waals surface area contributed by atoms with Crippen molar-refractivity contribution in [3.05, 3.63) is 106 Å². The molecule has 53 heavy (non-hydrogen) atoms. The first-order valence-electron chi connectivity index (χ1n) is 16.4. The van der Waals surface area contributed by atoms with Crippen LogP contribution in [0.15, 0.2) is 65.9 Å². The molecule has 0 aromatic heterocycles. The molecule has 1 saturated carbocycles. The molecule has 5 aliphatic rings. The van der Waals surface area contributed by atoms with Gasteiger partial charge >= 0.3 is 0 Å². The van der Waals surface area contributed by atoms with Crippen LogP contribution in [0.1, 0.15) is 24.0 Å². The van der Waals surface area contributed by atoms with Gasteiger partial charge in [-0.3, -0.25) is 24.1 Å². The Hall–Kier alpha value is -4.95. The number of phenolic OH excluding ortho intramolecular Hbond substituents is 2. The molecule has 274 valence electrons. The highest BCUT2D eigenvalue weighted by molar-refractivity contribution is 6.58. The summed E-state index contributed by atoms with van der Waals surface area (Å²) in [5, 5.41) is 19.8. The number of amides is 4. The van der Waals surface area contributed by atoms with Crippen molar-refractivity contribution in [2.75, 3.05) is 11.4 Å². The largest absolute Gasteiger partial charge is 0.508 e. The van der Waals surface area contributed by atoms with E-state index >= 15 is 8.78 Å². The van der Waals surface area contributed by atoms with E-state index in [1.54, 1.807) is 18.2 Å². The molecule has 0 spiro atoms. The topological polar surface area (TPSA) is 124 Å². The lowest BCUT2D eigenvalue weighted by Crippen LogP contribution is -2.61. The van der Waals surface area contributed by atoms with Crippen LogP contribution in [0.4, 0.5) is 27.6 Å². The van der Waals surface area contributed by atoms with Gasteiger partial charge in [0.2, 0.25) is 17.6 Å². The minimum atomic E-state index is -2.69. The average molecular weight is 776 g/mol. The molecule has 0 radical (unpaired) electrons. The van der Waals surface area contributed by atoms with Crippen LogP contribution >= 0.6 is 23.2 Å². The van der Waals surface area contributed by atoms with Crippen LogP contribution in [0.25, 0.3) is 0 Å². The molecular weight excluding hydrogens is 750 g/mol. The number of aromatic hydroxyl groups is 2. The Kier molecular flexibility index (Phi) is 7.97. The summed E-state index contributed by atoms with van der Waals surface area (Å²) in [5.41, 5.74) is -0.270. The first kappa shape index (κ1) is 35.1. The van der Waals surface area contributed by atoms with Crippen LogP contribution in [0.5, 0.6) is 17.2 Å². The third-order valence-corrected chi connectivity index (χ3v) is 12.4. The highest BCUT2D eigenvalue weighted by Gasteiger charge is 2.77. The van der Waals surface area contributed by atoms with Gasteiger partial charge in [0, 0.05) is 24.4 Å². The van der Waals surface area contributed by atoms with E-state index in [-0.39, 0.29) is 53.4 Å². The van der Waals surface area contributed by atoms with Crippen molar-refractivity contribution >= 4 is 52.5 Å². The van der Waals surface area contributed by atoms with Crippen LogP contribution in [0.3, 0.4) is 0 Å². The molecule has 4 amide bonds. The zero-order chi connectivity index (χ0) is 37.9. The normalized spacial score (nSPS) is 29.0. The molecule has 2 saturated heterocycles. The van der Waals surface area contributed by atoms with Crippen molar-refractivity contribution in [2.24, 2.45) is 23.7 Å². The van der Waals surface area contributed by atoms with Crippen LogP contribution in [0, 0.1) is 52.8 Å². The van der Waals surface area contributed by atoms with E-state index < -0.39 is 98.2 Å². The zero-order valence-electron chi connectivity index (χ0n) is 27.0. The maximum absolute atomic E-state index is 15.3. The number of ether oxygens (including phenoxy) is 1. The number of carbonyl (C=O) groups is 4. The van der Waals surface area contributed by atoms with Crippen molar-refractivity contribution in [3.63, 3.8) is 0 Å². The first-order chi connectivity index (χ1) is 25.1. The predicted molar refractivity (Wildman–Crippen MR) is 176 cm³/mol. The van der Waals surface area contributed by atoms with Gasteiger partial charge in [-0.15, -0.1) is 23.2 Å². The lowest BCUT2D eigenvalue weighted by molar-refractivity contribution is -0.140. The molecule has 16 heteroatoms. The SMILES string of the molecule is O=C1C2CC=C3C(CC4(Cl)C(=O)N(c5c(F)c(F)c(F)c(F)c5F)C(=O)C4(Cl)C3C3=COc4ccc(O)cc4C3)C2C(=O)N1CCc1ccc(O)cc1. The lowest BCUT2D eigenvalue weighted by atomic mass is 9.56. The second-order valence-electron chi connectivity index (χ2n) is 13.7. The molecule has 3 fully saturated rings. The number of hydrogen-bond acceptors (Lipinski definition) is 7. The second kappa shape index (κ2) is 12.0. The molecule has 8 rings (SSSR count). The predicted octanol–water partition coefficient (Wildman–Crippen LogP) is 5.95. The number of allylic oxidation sites excluding steroid dienone is 3. The van der Waals surface area contributed by atoms with Gasteiger partial charge in [0.1, 0.15) is 22.9 Å². The smallest absolute Gasteiger partial charge is 0.258 e. The summed E-state index contributed by atoms with van der Waals surface area (Å²) in [4.78, 5) is 52.3. The Labute approximate surface area is 306 Å². The molecule has 3 aromatic carbocycles. The van der Waals surface area contributed by atoms with E-state index in [4.69, 9.17) is 27.9 Å². The summed E-state index contributed by atoms with van der Waals surface area (Å²) >= 11 is 14.4. The number of benzene rings is 3. The van der Waals surface area contributed by atoms with Gasteiger partial charge in [0.25, 0.3) is 11.8 Å². The number of phenols is 2. The van der Waals surface area contributed by atoms with Crippen molar-refractivity contribution < 1.29 is 56.1 Å². The summed E-state index contributed by atoms with van der Waals surface area (Å²) in [5.74, 6) is -21.0. The Bertz CT molecular complexity index is 2220. The van der Waals surface area contributed by atoms with Gasteiger partial charge < -0.3 is 14.9 Å². The summed E-state index contributed by atoms with van der Waals surface area (Å²) < 4.78 is 79.5. The van der Waals surface area contributed by atoms with Crippen molar-refractivity contribution in [3.8, 4) is 17.2 Å². The number of halogens is 7. The molecule has 6 unspecified atom stereocenters. The number of fused-ring (bicyclic) bond motifs is 5. The summed E-state index contributed by atoms with van der Waals surface area (Å²) in [6.07, 6.45) is 2.35. The Morgan fingerprint density at radius 1 is 0.811 bits per heavy atom. The minimum Gasteiger partial charge on any atom is -0.508 e. The van der Waals surface area contributed by atoms with Crippen molar-refractivity contribution in [1.82, 2.24) is 4.90 Å². The van der Waals surface area contributed by atoms with Gasteiger partial charge in [-0.05, 0) is 66.6 Å².